The average molecular weight is 364 g/mol. The van der Waals surface area contributed by atoms with Gasteiger partial charge in [0.1, 0.15) is 0 Å². The summed E-state index contributed by atoms with van der Waals surface area (Å²) < 4.78 is 5.52. The topological polar surface area (TPSA) is 53.6 Å². The molecule has 2 amide bonds. The summed E-state index contributed by atoms with van der Waals surface area (Å²) in [5.74, 6) is 0. The number of amides is 2. The molecule has 5 nitrogen and oxygen atoms in total. The van der Waals surface area contributed by atoms with Crippen molar-refractivity contribution in [2.45, 2.75) is 62.7 Å². The Hall–Kier alpha value is -1.30. The number of carbonyl (C=O) groups excluding carboxylic acids is 1. The van der Waals surface area contributed by atoms with Gasteiger partial charge in [0.15, 0.2) is 0 Å². The number of nitrogens with zero attached hydrogens (tertiary/aromatic N) is 1. The largest absolute Gasteiger partial charge is 0.381 e. The molecule has 2 unspecified atom stereocenters. The Balaban J connectivity index is 1.32. The minimum atomic E-state index is -0.133. The predicted octanol–water partition coefficient (Wildman–Crippen LogP) is 3.64. The van der Waals surface area contributed by atoms with Crippen LogP contribution >= 0.6 is 11.6 Å². The summed E-state index contributed by atoms with van der Waals surface area (Å²) in [5.41, 5.74) is 0.729. The number of carbonyl (C=O) groups is 1. The SMILES string of the molecule is O=C(Nc1cccc(Cl)c1)NC1CC2CCC(C1)N2C1CCOCC1. The first kappa shape index (κ1) is 17.1. The van der Waals surface area contributed by atoms with Gasteiger partial charge in [-0.15, -0.1) is 0 Å². The molecule has 25 heavy (non-hydrogen) atoms. The fraction of sp³-hybridized carbons (Fsp3) is 0.632. The fourth-order valence-electron chi connectivity index (χ4n) is 4.83. The van der Waals surface area contributed by atoms with E-state index in [0.29, 0.717) is 23.1 Å². The number of rotatable bonds is 3. The zero-order valence-electron chi connectivity index (χ0n) is 14.4. The van der Waals surface area contributed by atoms with Crippen molar-refractivity contribution < 1.29 is 9.53 Å². The van der Waals surface area contributed by atoms with E-state index in [1.807, 2.05) is 12.1 Å². The van der Waals surface area contributed by atoms with Gasteiger partial charge in [0.25, 0.3) is 0 Å². The molecule has 2 N–H and O–H groups in total. The van der Waals surface area contributed by atoms with Crippen LogP contribution in [0.3, 0.4) is 0 Å². The summed E-state index contributed by atoms with van der Waals surface area (Å²) in [6.45, 7) is 1.79. The van der Waals surface area contributed by atoms with Gasteiger partial charge in [0, 0.05) is 48.1 Å². The zero-order valence-corrected chi connectivity index (χ0v) is 15.2. The van der Waals surface area contributed by atoms with Gasteiger partial charge in [0.05, 0.1) is 0 Å². The van der Waals surface area contributed by atoms with Crippen molar-refractivity contribution in [2.75, 3.05) is 18.5 Å². The summed E-state index contributed by atoms with van der Waals surface area (Å²) in [4.78, 5) is 15.1. The van der Waals surface area contributed by atoms with E-state index < -0.39 is 0 Å². The molecule has 3 heterocycles. The van der Waals surface area contributed by atoms with Crippen LogP contribution in [0, 0.1) is 0 Å². The third-order valence-corrected chi connectivity index (χ3v) is 6.05. The van der Waals surface area contributed by atoms with E-state index >= 15 is 0 Å². The lowest BCUT2D eigenvalue weighted by molar-refractivity contribution is -0.00401. The molecule has 0 aliphatic carbocycles. The lowest BCUT2D eigenvalue weighted by atomic mass is 9.93. The average Bonchev–Trinajstić information content (AvgIpc) is 2.86. The standard InChI is InChI=1S/C19H26ClN3O2/c20-13-2-1-3-14(10-13)21-19(24)22-15-11-17-4-5-18(12-15)23(17)16-6-8-25-9-7-16/h1-3,10,15-18H,4-9,11-12H2,(H2,21,22,24). The molecule has 1 aromatic carbocycles. The fourth-order valence-corrected chi connectivity index (χ4v) is 5.02. The molecule has 2 bridgehead atoms. The van der Waals surface area contributed by atoms with Crippen LogP contribution in [0.15, 0.2) is 24.3 Å². The molecule has 3 fully saturated rings. The molecule has 4 rings (SSSR count). The molecule has 3 aliphatic heterocycles. The third-order valence-electron chi connectivity index (χ3n) is 5.82. The number of ether oxygens (including phenoxy) is 1. The molecule has 0 aromatic heterocycles. The van der Waals surface area contributed by atoms with Crippen LogP contribution in [-0.2, 0) is 4.74 Å². The highest BCUT2D eigenvalue weighted by atomic mass is 35.5. The van der Waals surface area contributed by atoms with Crippen LogP contribution in [0.1, 0.15) is 38.5 Å². The van der Waals surface area contributed by atoms with Gasteiger partial charge in [-0.05, 0) is 56.7 Å². The van der Waals surface area contributed by atoms with Crippen molar-refractivity contribution in [1.29, 1.82) is 0 Å². The van der Waals surface area contributed by atoms with Crippen LogP contribution < -0.4 is 10.6 Å². The first-order valence-corrected chi connectivity index (χ1v) is 9.75. The predicted molar refractivity (Wildman–Crippen MR) is 99.1 cm³/mol. The number of piperidine rings is 1. The molecular formula is C19H26ClN3O2. The lowest BCUT2D eigenvalue weighted by Gasteiger charge is -2.45. The van der Waals surface area contributed by atoms with E-state index in [2.05, 4.69) is 15.5 Å². The number of urea groups is 1. The minimum Gasteiger partial charge on any atom is -0.381 e. The van der Waals surface area contributed by atoms with Crippen molar-refractivity contribution in [3.8, 4) is 0 Å². The van der Waals surface area contributed by atoms with Crippen molar-refractivity contribution in [2.24, 2.45) is 0 Å². The molecule has 6 heteroatoms. The molecular weight excluding hydrogens is 338 g/mol. The summed E-state index contributed by atoms with van der Waals surface area (Å²) in [6.07, 6.45) is 6.93. The van der Waals surface area contributed by atoms with Crippen LogP contribution in [0.2, 0.25) is 5.02 Å². The summed E-state index contributed by atoms with van der Waals surface area (Å²) in [5, 5.41) is 6.68. The normalized spacial score (nSPS) is 30.2. The van der Waals surface area contributed by atoms with E-state index in [1.165, 1.54) is 12.8 Å². The molecule has 136 valence electrons. The van der Waals surface area contributed by atoms with Crippen molar-refractivity contribution in [1.82, 2.24) is 10.2 Å². The second-order valence-electron chi connectivity index (χ2n) is 7.45. The zero-order chi connectivity index (χ0) is 17.2. The Morgan fingerprint density at radius 1 is 1.08 bits per heavy atom. The van der Waals surface area contributed by atoms with Gasteiger partial charge in [-0.25, -0.2) is 4.79 Å². The van der Waals surface area contributed by atoms with Crippen LogP contribution in [0.25, 0.3) is 0 Å². The Bertz CT molecular complexity index is 606. The number of hydrogen-bond donors (Lipinski definition) is 2. The second-order valence-corrected chi connectivity index (χ2v) is 7.89. The van der Waals surface area contributed by atoms with Gasteiger partial charge >= 0.3 is 6.03 Å². The van der Waals surface area contributed by atoms with Gasteiger partial charge in [0.2, 0.25) is 0 Å². The first-order chi connectivity index (χ1) is 12.2. The molecule has 2 atom stereocenters. The van der Waals surface area contributed by atoms with E-state index in [1.54, 1.807) is 12.1 Å². The summed E-state index contributed by atoms with van der Waals surface area (Å²) in [7, 11) is 0. The number of benzene rings is 1. The van der Waals surface area contributed by atoms with Crippen molar-refractivity contribution in [3.05, 3.63) is 29.3 Å². The Morgan fingerprint density at radius 3 is 2.48 bits per heavy atom. The second kappa shape index (κ2) is 7.52. The number of nitrogens with one attached hydrogen (secondary N) is 2. The van der Waals surface area contributed by atoms with Crippen LogP contribution in [-0.4, -0.2) is 48.3 Å². The molecule has 0 saturated carbocycles. The maximum absolute atomic E-state index is 12.3. The smallest absolute Gasteiger partial charge is 0.319 e. The maximum Gasteiger partial charge on any atom is 0.319 e. The highest BCUT2D eigenvalue weighted by Gasteiger charge is 2.44. The molecule has 3 saturated heterocycles. The van der Waals surface area contributed by atoms with Gasteiger partial charge in [-0.2, -0.15) is 0 Å². The van der Waals surface area contributed by atoms with Gasteiger partial charge in [-0.1, -0.05) is 17.7 Å². The molecule has 3 aliphatic rings. The van der Waals surface area contributed by atoms with E-state index in [-0.39, 0.29) is 12.1 Å². The highest BCUT2D eigenvalue weighted by Crippen LogP contribution is 2.39. The number of halogens is 1. The Kier molecular flexibility index (Phi) is 5.15. The lowest BCUT2D eigenvalue weighted by Crippen LogP contribution is -2.55. The molecule has 0 spiro atoms. The van der Waals surface area contributed by atoms with E-state index in [9.17, 15) is 4.79 Å². The van der Waals surface area contributed by atoms with Gasteiger partial charge < -0.3 is 15.4 Å². The van der Waals surface area contributed by atoms with Crippen molar-refractivity contribution in [3.63, 3.8) is 0 Å². The maximum atomic E-state index is 12.3. The highest BCUT2D eigenvalue weighted by molar-refractivity contribution is 6.30. The third kappa shape index (κ3) is 3.94. The molecule has 0 radical (unpaired) electrons. The number of fused-ring (bicyclic) bond motifs is 2. The van der Waals surface area contributed by atoms with Crippen molar-refractivity contribution >= 4 is 23.3 Å². The number of anilines is 1. The first-order valence-electron chi connectivity index (χ1n) is 9.37. The van der Waals surface area contributed by atoms with Gasteiger partial charge in [-0.3, -0.25) is 4.90 Å². The van der Waals surface area contributed by atoms with E-state index in [4.69, 9.17) is 16.3 Å². The Labute approximate surface area is 154 Å². The van der Waals surface area contributed by atoms with Crippen LogP contribution in [0.4, 0.5) is 10.5 Å². The van der Waals surface area contributed by atoms with Crippen LogP contribution in [0.5, 0.6) is 0 Å². The van der Waals surface area contributed by atoms with E-state index in [0.717, 1.165) is 44.6 Å². The summed E-state index contributed by atoms with van der Waals surface area (Å²) in [6, 6.07) is 9.27. The molecule has 1 aromatic rings. The summed E-state index contributed by atoms with van der Waals surface area (Å²) >= 11 is 5.97. The number of hydrogen-bond acceptors (Lipinski definition) is 3. The monoisotopic (exact) mass is 363 g/mol. The quantitative estimate of drug-likeness (QED) is 0.862. The minimum absolute atomic E-state index is 0.133. The Morgan fingerprint density at radius 2 is 1.80 bits per heavy atom.